The summed E-state index contributed by atoms with van der Waals surface area (Å²) in [6.07, 6.45) is 2.87. The number of aromatic carboxylic acids is 1. The third-order valence-corrected chi connectivity index (χ3v) is 9.12. The van der Waals surface area contributed by atoms with E-state index in [4.69, 9.17) is 9.47 Å². The average molecular weight is 887 g/mol. The van der Waals surface area contributed by atoms with Crippen LogP contribution in [0.3, 0.4) is 0 Å². The summed E-state index contributed by atoms with van der Waals surface area (Å²) in [6, 6.07) is 19.7. The maximum atomic E-state index is 13.1. The van der Waals surface area contributed by atoms with Crippen LogP contribution in [0.4, 0.5) is 22.7 Å². The molecule has 0 aliphatic carbocycles. The summed E-state index contributed by atoms with van der Waals surface area (Å²) in [7, 11) is 2.35. The summed E-state index contributed by atoms with van der Waals surface area (Å²) >= 11 is 0. The second kappa shape index (κ2) is 19.9. The molecule has 4 aromatic carbocycles. The first-order valence-corrected chi connectivity index (χ1v) is 18.9. The van der Waals surface area contributed by atoms with Gasteiger partial charge >= 0.3 is 5.97 Å². The molecule has 0 atom stereocenters. The Labute approximate surface area is 366 Å². The Hall–Kier alpha value is -9.47. The lowest BCUT2D eigenvalue weighted by atomic mass is 10.1. The Bertz CT molecular complexity index is 2920. The van der Waals surface area contributed by atoms with E-state index in [0.29, 0.717) is 16.6 Å². The Morgan fingerprint density at radius 1 is 0.662 bits per heavy atom. The summed E-state index contributed by atoms with van der Waals surface area (Å²) in [5.41, 5.74) is 1.74. The van der Waals surface area contributed by atoms with Gasteiger partial charge in [-0.2, -0.15) is 15.4 Å². The summed E-state index contributed by atoms with van der Waals surface area (Å²) in [4.78, 5) is 82.4. The molecular formula is C43H38N10O12. The van der Waals surface area contributed by atoms with Crippen LogP contribution in [0.15, 0.2) is 97.3 Å². The largest absolute Gasteiger partial charge is 0.508 e. The van der Waals surface area contributed by atoms with Gasteiger partial charge in [-0.25, -0.2) is 9.78 Å². The smallest absolute Gasteiger partial charge is 0.339 e. The van der Waals surface area contributed by atoms with Gasteiger partial charge in [0.05, 0.1) is 61.5 Å². The molecule has 0 unspecified atom stereocenters. The molecule has 7 rings (SSSR count). The predicted molar refractivity (Wildman–Crippen MR) is 233 cm³/mol. The van der Waals surface area contributed by atoms with Gasteiger partial charge in [0, 0.05) is 22.2 Å². The summed E-state index contributed by atoms with van der Waals surface area (Å²) < 4.78 is 10.3. The molecule has 22 nitrogen and oxygen atoms in total. The number of nitrogens with one attached hydrogen (secondary N) is 7. The molecule has 0 saturated heterocycles. The minimum Gasteiger partial charge on any atom is -0.508 e. The zero-order chi connectivity index (χ0) is 46.8. The van der Waals surface area contributed by atoms with E-state index in [1.807, 2.05) is 6.92 Å². The van der Waals surface area contributed by atoms with Gasteiger partial charge in [-0.1, -0.05) is 0 Å². The third kappa shape index (κ3) is 10.9. The normalized spacial score (nSPS) is 10.4. The number of rotatable bonds is 13. The van der Waals surface area contributed by atoms with Crippen LogP contribution in [-0.4, -0.2) is 102 Å². The van der Waals surface area contributed by atoms with Crippen LogP contribution >= 0.6 is 0 Å². The van der Waals surface area contributed by atoms with Crippen LogP contribution in [0, 0.1) is 6.92 Å². The van der Waals surface area contributed by atoms with Crippen LogP contribution < -0.4 is 36.1 Å². The van der Waals surface area contributed by atoms with E-state index >= 15 is 0 Å². The molecule has 0 bridgehead atoms. The van der Waals surface area contributed by atoms with Crippen LogP contribution in [0.2, 0.25) is 0 Å². The van der Waals surface area contributed by atoms with Crippen molar-refractivity contribution in [1.82, 2.24) is 30.7 Å². The third-order valence-electron chi connectivity index (χ3n) is 9.12. The van der Waals surface area contributed by atoms with Crippen molar-refractivity contribution in [3.05, 3.63) is 131 Å². The average Bonchev–Trinajstić information content (AvgIpc) is 3.95. The molecule has 0 radical (unpaired) electrons. The van der Waals surface area contributed by atoms with Crippen LogP contribution in [0.5, 0.6) is 28.7 Å². The lowest BCUT2D eigenvalue weighted by Gasteiger charge is -2.16. The number of aryl methyl sites for hydroxylation is 1. The molecule has 0 saturated carbocycles. The minimum absolute atomic E-state index is 0.0326. The topological polar surface area (TPSA) is 332 Å². The Balaban J connectivity index is 0.00000108. The van der Waals surface area contributed by atoms with Crippen molar-refractivity contribution in [2.45, 2.75) is 6.92 Å². The quantitative estimate of drug-likeness (QED) is 0.0752. The maximum absolute atomic E-state index is 13.1. The Kier molecular flexibility index (Phi) is 13.8. The van der Waals surface area contributed by atoms with Gasteiger partial charge in [0.15, 0.2) is 23.0 Å². The number of phenolic OH excluding ortho intramolecular Hbond substituents is 2. The molecule has 0 fully saturated rings. The Morgan fingerprint density at radius 3 is 1.89 bits per heavy atom. The molecule has 0 aliphatic rings. The molecule has 11 N–H and O–H groups in total. The minimum atomic E-state index is -1.42. The molecule has 0 aliphatic heterocycles. The van der Waals surface area contributed by atoms with Crippen molar-refractivity contribution < 1.29 is 58.7 Å². The number of aromatic hydroxyl groups is 3. The number of carbonyl (C=O) groups excluding carboxylic acids is 5. The number of methoxy groups -OCH3 is 2. The van der Waals surface area contributed by atoms with E-state index in [1.54, 1.807) is 18.3 Å². The highest BCUT2D eigenvalue weighted by Gasteiger charge is 2.24. The fraction of sp³-hybridized carbons (Fsp3) is 0.0930. The molecule has 3 aromatic heterocycles. The Morgan fingerprint density at radius 2 is 1.31 bits per heavy atom. The summed E-state index contributed by atoms with van der Waals surface area (Å²) in [5.74, 6) is -6.53. The highest BCUT2D eigenvalue weighted by atomic mass is 16.5. The van der Waals surface area contributed by atoms with Gasteiger partial charge in [0.2, 0.25) is 5.91 Å². The summed E-state index contributed by atoms with van der Waals surface area (Å²) in [6.45, 7) is 1.48. The number of ether oxygens (including phenoxy) is 2. The number of carboxylic acids is 1. The van der Waals surface area contributed by atoms with E-state index in [9.17, 15) is 49.2 Å². The molecule has 5 amide bonds. The fourth-order valence-corrected chi connectivity index (χ4v) is 5.96. The molecule has 0 spiro atoms. The number of fused-ring (bicyclic) bond motifs is 1. The van der Waals surface area contributed by atoms with Crippen molar-refractivity contribution in [1.29, 1.82) is 0 Å². The number of carbonyl (C=O) groups is 6. The van der Waals surface area contributed by atoms with E-state index in [2.05, 4.69) is 52.0 Å². The van der Waals surface area contributed by atoms with Crippen LogP contribution in [0.1, 0.15) is 57.7 Å². The highest BCUT2D eigenvalue weighted by Crippen LogP contribution is 2.40. The number of pyridine rings is 1. The number of hydrogen-bond donors (Lipinski definition) is 11. The highest BCUT2D eigenvalue weighted by molar-refractivity contribution is 6.10. The van der Waals surface area contributed by atoms with E-state index < -0.39 is 59.1 Å². The molecule has 3 heterocycles. The van der Waals surface area contributed by atoms with Crippen molar-refractivity contribution in [2.24, 2.45) is 0 Å². The maximum Gasteiger partial charge on any atom is 0.339 e. The lowest BCUT2D eigenvalue weighted by molar-refractivity contribution is -0.115. The van der Waals surface area contributed by atoms with Crippen LogP contribution in [0.25, 0.3) is 10.9 Å². The van der Waals surface area contributed by atoms with E-state index in [-0.39, 0.29) is 56.8 Å². The number of aromatic nitrogens is 5. The number of hydrogen-bond acceptors (Lipinski definition) is 14. The zero-order valence-corrected chi connectivity index (χ0v) is 34.3. The molecule has 22 heteroatoms. The molecule has 332 valence electrons. The van der Waals surface area contributed by atoms with Gasteiger partial charge in [-0.3, -0.25) is 24.0 Å². The number of phenols is 3. The zero-order valence-electron chi connectivity index (χ0n) is 34.3. The molecule has 7 aromatic rings. The van der Waals surface area contributed by atoms with Gasteiger partial charge in [-0.15, -0.1) is 0 Å². The fourth-order valence-electron chi connectivity index (χ4n) is 5.96. The number of aromatic amines is 2. The van der Waals surface area contributed by atoms with Gasteiger partial charge in [-0.05, 0) is 91.9 Å². The number of H-pyrrole nitrogens is 2. The summed E-state index contributed by atoms with van der Waals surface area (Å²) in [5, 5.41) is 63.1. The molecule has 65 heavy (non-hydrogen) atoms. The van der Waals surface area contributed by atoms with Gasteiger partial charge < -0.3 is 61.5 Å². The second-order valence-corrected chi connectivity index (χ2v) is 13.6. The first kappa shape index (κ1) is 45.1. The number of anilines is 4. The van der Waals surface area contributed by atoms with Crippen molar-refractivity contribution in [2.75, 3.05) is 42.0 Å². The predicted octanol–water partition coefficient (Wildman–Crippen LogP) is 4.63. The van der Waals surface area contributed by atoms with Gasteiger partial charge in [0.1, 0.15) is 22.7 Å². The second-order valence-electron chi connectivity index (χ2n) is 13.6. The number of amides is 5. The van der Waals surface area contributed by atoms with Crippen molar-refractivity contribution in [3.63, 3.8) is 0 Å². The number of nitrogens with zero attached hydrogens (tertiary/aromatic N) is 3. The first-order valence-electron chi connectivity index (χ1n) is 18.9. The van der Waals surface area contributed by atoms with Crippen LogP contribution in [-0.2, 0) is 4.79 Å². The molecular weight excluding hydrogens is 849 g/mol. The van der Waals surface area contributed by atoms with E-state index in [1.165, 1.54) is 80.0 Å². The number of carboxylic acid groups (broad SMARTS) is 1. The van der Waals surface area contributed by atoms with Crippen molar-refractivity contribution >= 4 is 69.2 Å². The number of benzene rings is 4. The first-order chi connectivity index (χ1) is 31.1. The monoisotopic (exact) mass is 886 g/mol. The standard InChI is InChI=1S/C40H33N7O12.C3H5N3/c1-58-34-28(13-9-24(32(34)50)37(53)46-27-14-10-25(40(56)57)33(51)35(27)59-2)47-38(54)29-11-7-22(17-41-29)43-31(49)18-42-36(52)19-3-5-21(6-4-19)44-39(55)30-16-20-15-23(48)8-12-26(20)45-30;1-3-2-4-6-5-3/h3-17,45,48,50-51H,18H2,1-2H3,(H,42,52)(H,43,49)(H,44,55)(H,46,53)(H,47,54)(H,56,57);2H,1H3,(H,4,5,6). The van der Waals surface area contributed by atoms with Gasteiger partial charge in [0.25, 0.3) is 23.6 Å². The SMILES string of the molecule is COc1c(NC(=O)c2ccc(NC(=O)c3ccc(NC(=O)CNC(=O)c4ccc(NC(=O)c5cc6cc(O)ccc6[nH]5)cc4)cn3)c(OC)c2O)ccc(C(=O)O)c1O.Cc1cn[nH]n1. The lowest BCUT2D eigenvalue weighted by Crippen LogP contribution is -2.32. The van der Waals surface area contributed by atoms with Crippen molar-refractivity contribution in [3.8, 4) is 28.7 Å². The van der Waals surface area contributed by atoms with E-state index in [0.717, 1.165) is 18.9 Å².